The number of phenols is 1. The molecule has 29 heavy (non-hydrogen) atoms. The third-order valence-corrected chi connectivity index (χ3v) is 5.54. The lowest BCUT2D eigenvalue weighted by Gasteiger charge is -2.31. The highest BCUT2D eigenvalue weighted by molar-refractivity contribution is 6.30. The van der Waals surface area contributed by atoms with E-state index in [0.29, 0.717) is 22.6 Å². The van der Waals surface area contributed by atoms with Crippen LogP contribution >= 0.6 is 11.6 Å². The zero-order valence-electron chi connectivity index (χ0n) is 16.1. The first kappa shape index (κ1) is 19.6. The van der Waals surface area contributed by atoms with E-state index in [1.807, 2.05) is 0 Å². The number of benzene rings is 3. The lowest BCUT2D eigenvalue weighted by Crippen LogP contribution is -2.33. The fourth-order valence-corrected chi connectivity index (χ4v) is 3.85. The highest BCUT2D eigenvalue weighted by atomic mass is 35.5. The molecular weight excluding hydrogens is 387 g/mol. The van der Waals surface area contributed by atoms with Crippen molar-refractivity contribution < 1.29 is 9.50 Å². The van der Waals surface area contributed by atoms with Crippen molar-refractivity contribution in [2.45, 2.75) is 32.0 Å². The molecule has 0 aromatic heterocycles. The second-order valence-electron chi connectivity index (χ2n) is 7.18. The Bertz CT molecular complexity index is 1050. The number of nitrogens with one attached hydrogen (secondary N) is 1. The smallest absolute Gasteiger partial charge is 0.129 e. The standard InChI is InChI=1S/C24H22ClFN2O/c1-2-15-7-9-16(10-8-15)21-14-22(19-13-17(25)11-12-23(19)29)28-24(27-21)18-5-3-4-6-20(18)26/h3-13,22,24,28-29H,2,14H2,1H3/t22-,24+/m0/s1. The van der Waals surface area contributed by atoms with Gasteiger partial charge in [0, 0.05) is 34.3 Å². The maximum atomic E-state index is 14.5. The fourth-order valence-electron chi connectivity index (χ4n) is 3.67. The number of rotatable bonds is 4. The van der Waals surface area contributed by atoms with Gasteiger partial charge < -0.3 is 5.11 Å². The normalized spacial score (nSPS) is 19.1. The first-order valence-corrected chi connectivity index (χ1v) is 10.1. The zero-order chi connectivity index (χ0) is 20.4. The molecule has 0 aliphatic carbocycles. The van der Waals surface area contributed by atoms with Gasteiger partial charge in [-0.1, -0.05) is 61.0 Å². The minimum absolute atomic E-state index is 0.154. The third kappa shape index (κ3) is 4.19. The van der Waals surface area contributed by atoms with Gasteiger partial charge in [0.15, 0.2) is 0 Å². The number of phenolic OH excluding ortho intramolecular Hbond substituents is 1. The Labute approximate surface area is 174 Å². The molecule has 1 aliphatic rings. The first-order valence-electron chi connectivity index (χ1n) is 9.70. The molecule has 4 rings (SSSR count). The van der Waals surface area contributed by atoms with Crippen LogP contribution in [0.3, 0.4) is 0 Å². The van der Waals surface area contributed by atoms with E-state index in [9.17, 15) is 9.50 Å². The van der Waals surface area contributed by atoms with E-state index < -0.39 is 6.17 Å². The summed E-state index contributed by atoms with van der Waals surface area (Å²) in [5, 5.41) is 14.3. The molecule has 2 atom stereocenters. The fraction of sp³-hybridized carbons (Fsp3) is 0.208. The van der Waals surface area contributed by atoms with Crippen molar-refractivity contribution in [3.63, 3.8) is 0 Å². The number of aryl methyl sites for hydroxylation is 1. The molecule has 3 aromatic carbocycles. The monoisotopic (exact) mass is 408 g/mol. The van der Waals surface area contributed by atoms with Crippen LogP contribution in [0.5, 0.6) is 5.75 Å². The van der Waals surface area contributed by atoms with Crippen LogP contribution in [0.2, 0.25) is 5.02 Å². The molecule has 1 aliphatic heterocycles. The van der Waals surface area contributed by atoms with Crippen LogP contribution in [0.4, 0.5) is 4.39 Å². The average molecular weight is 409 g/mol. The minimum atomic E-state index is -0.561. The molecule has 0 amide bonds. The first-order chi connectivity index (χ1) is 14.0. The summed E-state index contributed by atoms with van der Waals surface area (Å²) in [5.41, 5.74) is 4.26. The topological polar surface area (TPSA) is 44.6 Å². The van der Waals surface area contributed by atoms with Crippen molar-refractivity contribution in [1.82, 2.24) is 5.32 Å². The van der Waals surface area contributed by atoms with Gasteiger partial charge in [-0.05, 0) is 41.8 Å². The lowest BCUT2D eigenvalue weighted by atomic mass is 9.93. The summed E-state index contributed by atoms with van der Waals surface area (Å²) in [5.74, 6) is -0.160. The minimum Gasteiger partial charge on any atom is -0.508 e. The maximum Gasteiger partial charge on any atom is 0.129 e. The highest BCUT2D eigenvalue weighted by Crippen LogP contribution is 2.36. The van der Waals surface area contributed by atoms with Crippen LogP contribution < -0.4 is 5.32 Å². The van der Waals surface area contributed by atoms with E-state index in [4.69, 9.17) is 16.6 Å². The molecular formula is C24H22ClFN2O. The quantitative estimate of drug-likeness (QED) is 0.558. The Balaban J connectivity index is 1.77. The van der Waals surface area contributed by atoms with Crippen LogP contribution in [-0.2, 0) is 6.42 Å². The van der Waals surface area contributed by atoms with Gasteiger partial charge in [0.2, 0.25) is 0 Å². The van der Waals surface area contributed by atoms with Crippen LogP contribution in [0.15, 0.2) is 71.7 Å². The second kappa shape index (κ2) is 8.36. The predicted molar refractivity (Wildman–Crippen MR) is 115 cm³/mol. The molecule has 0 bridgehead atoms. The van der Waals surface area contributed by atoms with Crippen molar-refractivity contribution in [3.05, 3.63) is 99.8 Å². The summed E-state index contributed by atoms with van der Waals surface area (Å²) < 4.78 is 14.5. The van der Waals surface area contributed by atoms with E-state index in [1.54, 1.807) is 36.4 Å². The van der Waals surface area contributed by atoms with Crippen molar-refractivity contribution in [2.75, 3.05) is 0 Å². The number of aliphatic imine (C=N–C) groups is 1. The van der Waals surface area contributed by atoms with Gasteiger partial charge in [0.05, 0.1) is 0 Å². The van der Waals surface area contributed by atoms with Gasteiger partial charge in [-0.2, -0.15) is 0 Å². The molecule has 0 saturated heterocycles. The van der Waals surface area contributed by atoms with Crippen molar-refractivity contribution in [2.24, 2.45) is 4.99 Å². The van der Waals surface area contributed by atoms with Gasteiger partial charge in [-0.3, -0.25) is 10.3 Å². The molecule has 0 fully saturated rings. The number of halogens is 2. The largest absolute Gasteiger partial charge is 0.508 e. The van der Waals surface area contributed by atoms with Gasteiger partial charge in [0.1, 0.15) is 17.7 Å². The van der Waals surface area contributed by atoms with Gasteiger partial charge in [0.25, 0.3) is 0 Å². The molecule has 5 heteroatoms. The van der Waals surface area contributed by atoms with Crippen molar-refractivity contribution in [3.8, 4) is 5.75 Å². The van der Waals surface area contributed by atoms with Crippen LogP contribution in [-0.4, -0.2) is 10.8 Å². The van der Waals surface area contributed by atoms with Crippen LogP contribution in [0, 0.1) is 5.82 Å². The van der Waals surface area contributed by atoms with E-state index in [1.165, 1.54) is 11.6 Å². The Morgan fingerprint density at radius 1 is 1.07 bits per heavy atom. The molecule has 0 spiro atoms. The predicted octanol–water partition coefficient (Wildman–Crippen LogP) is 5.97. The highest BCUT2D eigenvalue weighted by Gasteiger charge is 2.29. The lowest BCUT2D eigenvalue weighted by molar-refractivity contribution is 0.405. The Morgan fingerprint density at radius 3 is 2.55 bits per heavy atom. The molecule has 3 aromatic rings. The number of hydrogen-bond donors (Lipinski definition) is 2. The summed E-state index contributed by atoms with van der Waals surface area (Å²) >= 11 is 6.17. The Hall–Kier alpha value is -2.69. The SMILES string of the molecule is CCc1ccc(C2=N[C@@H](c3ccccc3F)N[C@H](c3cc(Cl)ccc3O)C2)cc1. The Kier molecular flexibility index (Phi) is 5.65. The number of nitrogens with zero attached hydrogens (tertiary/aromatic N) is 1. The second-order valence-corrected chi connectivity index (χ2v) is 7.61. The van der Waals surface area contributed by atoms with E-state index in [2.05, 4.69) is 36.5 Å². The summed E-state index contributed by atoms with van der Waals surface area (Å²) in [7, 11) is 0. The van der Waals surface area contributed by atoms with Crippen molar-refractivity contribution in [1.29, 1.82) is 0 Å². The van der Waals surface area contributed by atoms with Crippen LogP contribution in [0.1, 0.15) is 47.8 Å². The molecule has 0 radical (unpaired) electrons. The van der Waals surface area contributed by atoms with Crippen molar-refractivity contribution >= 4 is 17.3 Å². The van der Waals surface area contributed by atoms with Gasteiger partial charge in [-0.15, -0.1) is 0 Å². The summed E-state index contributed by atoms with van der Waals surface area (Å²) in [6.45, 7) is 2.11. The summed E-state index contributed by atoms with van der Waals surface area (Å²) in [4.78, 5) is 4.82. The zero-order valence-corrected chi connectivity index (χ0v) is 16.8. The molecule has 0 saturated carbocycles. The van der Waals surface area contributed by atoms with Gasteiger partial charge >= 0.3 is 0 Å². The van der Waals surface area contributed by atoms with E-state index in [-0.39, 0.29) is 17.6 Å². The summed E-state index contributed by atoms with van der Waals surface area (Å²) in [6.07, 6.45) is 0.962. The molecule has 2 N–H and O–H groups in total. The average Bonchev–Trinajstić information content (AvgIpc) is 2.75. The maximum absolute atomic E-state index is 14.5. The third-order valence-electron chi connectivity index (χ3n) is 5.30. The number of aromatic hydroxyl groups is 1. The van der Waals surface area contributed by atoms with Gasteiger partial charge in [-0.25, -0.2) is 4.39 Å². The molecule has 3 nitrogen and oxygen atoms in total. The summed E-state index contributed by atoms with van der Waals surface area (Å²) in [6, 6.07) is 19.6. The van der Waals surface area contributed by atoms with Crippen LogP contribution in [0.25, 0.3) is 0 Å². The molecule has 148 valence electrons. The Morgan fingerprint density at radius 2 is 1.83 bits per heavy atom. The molecule has 0 unspecified atom stereocenters. The number of hydrogen-bond acceptors (Lipinski definition) is 3. The van der Waals surface area contributed by atoms with E-state index >= 15 is 0 Å². The molecule has 1 heterocycles. The van der Waals surface area contributed by atoms with E-state index in [0.717, 1.165) is 17.7 Å².